The van der Waals surface area contributed by atoms with E-state index in [0.717, 1.165) is 12.8 Å². The van der Waals surface area contributed by atoms with Crippen LogP contribution in [0.15, 0.2) is 0 Å². The van der Waals surface area contributed by atoms with Crippen molar-refractivity contribution in [3.8, 4) is 0 Å². The maximum atomic E-state index is 11.2. The van der Waals surface area contributed by atoms with E-state index in [-0.39, 0.29) is 19.3 Å². The first kappa shape index (κ1) is 15.6. The summed E-state index contributed by atoms with van der Waals surface area (Å²) in [6.07, 6.45) is 2.47. The SMILES string of the molecule is CCCCCC(=O)OC(=O)[C@@H](N)CCC(=O)O. The summed E-state index contributed by atoms with van der Waals surface area (Å²) in [6.45, 7) is 2.00. The third-order valence-electron chi connectivity index (χ3n) is 2.17. The molecule has 0 saturated heterocycles. The minimum atomic E-state index is -1.05. The van der Waals surface area contributed by atoms with Gasteiger partial charge in [0.25, 0.3) is 0 Å². The monoisotopic (exact) mass is 245 g/mol. The lowest BCUT2D eigenvalue weighted by Crippen LogP contribution is -2.34. The number of hydrogen-bond donors (Lipinski definition) is 2. The van der Waals surface area contributed by atoms with Gasteiger partial charge >= 0.3 is 17.9 Å². The van der Waals surface area contributed by atoms with Crippen molar-refractivity contribution in [1.82, 2.24) is 0 Å². The van der Waals surface area contributed by atoms with E-state index in [1.165, 1.54) is 0 Å². The molecule has 0 fully saturated rings. The molecule has 0 aliphatic heterocycles. The Bertz CT molecular complexity index is 277. The number of ether oxygens (including phenoxy) is 1. The average Bonchev–Trinajstić information content (AvgIpc) is 2.26. The van der Waals surface area contributed by atoms with Gasteiger partial charge in [0.1, 0.15) is 6.04 Å². The molecule has 0 aliphatic rings. The lowest BCUT2D eigenvalue weighted by atomic mass is 10.2. The molecule has 0 saturated carbocycles. The van der Waals surface area contributed by atoms with Crippen LogP contribution in [0.5, 0.6) is 0 Å². The van der Waals surface area contributed by atoms with Gasteiger partial charge in [0, 0.05) is 12.8 Å². The molecule has 0 radical (unpaired) electrons. The molecule has 0 unspecified atom stereocenters. The Labute approximate surface area is 100 Å². The zero-order valence-corrected chi connectivity index (χ0v) is 9.98. The highest BCUT2D eigenvalue weighted by atomic mass is 16.6. The molecule has 0 heterocycles. The van der Waals surface area contributed by atoms with Crippen molar-refractivity contribution in [3.63, 3.8) is 0 Å². The van der Waals surface area contributed by atoms with Crippen molar-refractivity contribution in [1.29, 1.82) is 0 Å². The highest BCUT2D eigenvalue weighted by molar-refractivity contribution is 5.88. The molecular weight excluding hydrogens is 226 g/mol. The fourth-order valence-corrected chi connectivity index (χ4v) is 1.16. The van der Waals surface area contributed by atoms with Crippen LogP contribution in [0.1, 0.15) is 45.4 Å². The second-order valence-corrected chi connectivity index (χ2v) is 3.79. The highest BCUT2D eigenvalue weighted by Crippen LogP contribution is 2.03. The van der Waals surface area contributed by atoms with Gasteiger partial charge in [0.2, 0.25) is 0 Å². The fraction of sp³-hybridized carbons (Fsp3) is 0.727. The minimum Gasteiger partial charge on any atom is -0.481 e. The molecule has 6 nitrogen and oxygen atoms in total. The number of aliphatic carboxylic acids is 1. The van der Waals surface area contributed by atoms with E-state index in [2.05, 4.69) is 4.74 Å². The van der Waals surface area contributed by atoms with Gasteiger partial charge in [-0.2, -0.15) is 0 Å². The standard InChI is InChI=1S/C11H19NO5/c1-2-3-4-5-10(15)17-11(16)8(12)6-7-9(13)14/h8H,2-7,12H2,1H3,(H,13,14)/t8-/m0/s1. The van der Waals surface area contributed by atoms with Crippen molar-refractivity contribution >= 4 is 17.9 Å². The van der Waals surface area contributed by atoms with Crippen LogP contribution in [-0.2, 0) is 19.1 Å². The highest BCUT2D eigenvalue weighted by Gasteiger charge is 2.19. The van der Waals surface area contributed by atoms with E-state index >= 15 is 0 Å². The Morgan fingerprint density at radius 1 is 1.24 bits per heavy atom. The van der Waals surface area contributed by atoms with Gasteiger partial charge in [-0.15, -0.1) is 0 Å². The quantitative estimate of drug-likeness (QED) is 0.372. The zero-order valence-electron chi connectivity index (χ0n) is 9.98. The van der Waals surface area contributed by atoms with Crippen LogP contribution in [0.4, 0.5) is 0 Å². The van der Waals surface area contributed by atoms with E-state index in [9.17, 15) is 14.4 Å². The molecular formula is C11H19NO5. The molecule has 0 bridgehead atoms. The predicted octanol–water partition coefficient (Wildman–Crippen LogP) is 0.829. The van der Waals surface area contributed by atoms with Crippen LogP contribution in [0.2, 0.25) is 0 Å². The van der Waals surface area contributed by atoms with Gasteiger partial charge in [0.05, 0.1) is 0 Å². The summed E-state index contributed by atoms with van der Waals surface area (Å²) in [5.74, 6) is -2.50. The van der Waals surface area contributed by atoms with Gasteiger partial charge in [0.15, 0.2) is 0 Å². The molecule has 0 aromatic carbocycles. The van der Waals surface area contributed by atoms with E-state index in [1.54, 1.807) is 0 Å². The molecule has 0 rings (SSSR count). The lowest BCUT2D eigenvalue weighted by Gasteiger charge is -2.08. The maximum absolute atomic E-state index is 11.2. The molecule has 1 atom stereocenters. The molecule has 0 aromatic heterocycles. The molecule has 98 valence electrons. The number of nitrogens with two attached hydrogens (primary N) is 1. The Balaban J connectivity index is 3.82. The number of carbonyl (C=O) groups excluding carboxylic acids is 2. The number of hydrogen-bond acceptors (Lipinski definition) is 5. The average molecular weight is 245 g/mol. The Morgan fingerprint density at radius 2 is 1.88 bits per heavy atom. The lowest BCUT2D eigenvalue weighted by molar-refractivity contribution is -0.160. The Morgan fingerprint density at radius 3 is 2.41 bits per heavy atom. The summed E-state index contributed by atoms with van der Waals surface area (Å²) in [7, 11) is 0. The van der Waals surface area contributed by atoms with Crippen LogP contribution < -0.4 is 5.73 Å². The molecule has 0 aliphatic carbocycles. The van der Waals surface area contributed by atoms with Crippen LogP contribution in [0.25, 0.3) is 0 Å². The molecule has 6 heteroatoms. The molecule has 0 spiro atoms. The zero-order chi connectivity index (χ0) is 13.3. The first-order chi connectivity index (χ1) is 7.97. The Kier molecular flexibility index (Phi) is 7.96. The third kappa shape index (κ3) is 8.38. The van der Waals surface area contributed by atoms with Crippen molar-refractivity contribution in [2.24, 2.45) is 5.73 Å². The number of esters is 2. The van der Waals surface area contributed by atoms with E-state index in [1.807, 2.05) is 6.92 Å². The molecule has 3 N–H and O–H groups in total. The van der Waals surface area contributed by atoms with Gasteiger partial charge in [-0.1, -0.05) is 19.8 Å². The van der Waals surface area contributed by atoms with Gasteiger partial charge in [-0.05, 0) is 12.8 Å². The fourth-order valence-electron chi connectivity index (χ4n) is 1.16. The number of carboxylic acids is 1. The number of carbonyl (C=O) groups is 3. The summed E-state index contributed by atoms with van der Waals surface area (Å²) < 4.78 is 4.50. The normalized spacial score (nSPS) is 11.9. The van der Waals surface area contributed by atoms with Crippen molar-refractivity contribution in [3.05, 3.63) is 0 Å². The van der Waals surface area contributed by atoms with Gasteiger partial charge in [-0.25, -0.2) is 4.79 Å². The second-order valence-electron chi connectivity index (χ2n) is 3.79. The smallest absolute Gasteiger partial charge is 0.330 e. The van der Waals surface area contributed by atoms with E-state index in [0.29, 0.717) is 6.42 Å². The number of carboxylic acid groups (broad SMARTS) is 1. The predicted molar refractivity (Wildman–Crippen MR) is 60.1 cm³/mol. The molecule has 0 aromatic rings. The van der Waals surface area contributed by atoms with E-state index < -0.39 is 23.9 Å². The second kappa shape index (κ2) is 8.69. The summed E-state index contributed by atoms with van der Waals surface area (Å²) >= 11 is 0. The summed E-state index contributed by atoms with van der Waals surface area (Å²) in [4.78, 5) is 32.6. The molecule has 0 amide bonds. The van der Waals surface area contributed by atoms with Gasteiger partial charge in [-0.3, -0.25) is 9.59 Å². The van der Waals surface area contributed by atoms with Gasteiger partial charge < -0.3 is 15.6 Å². The minimum absolute atomic E-state index is 0.0313. The van der Waals surface area contributed by atoms with Crippen LogP contribution >= 0.6 is 0 Å². The molecule has 17 heavy (non-hydrogen) atoms. The first-order valence-electron chi connectivity index (χ1n) is 5.69. The van der Waals surface area contributed by atoms with Crippen LogP contribution in [0.3, 0.4) is 0 Å². The van der Waals surface area contributed by atoms with Crippen molar-refractivity contribution in [2.45, 2.75) is 51.5 Å². The summed E-state index contributed by atoms with van der Waals surface area (Å²) in [5.41, 5.74) is 5.38. The van der Waals surface area contributed by atoms with Crippen LogP contribution in [0, 0.1) is 0 Å². The van der Waals surface area contributed by atoms with Crippen molar-refractivity contribution in [2.75, 3.05) is 0 Å². The topological polar surface area (TPSA) is 107 Å². The van der Waals surface area contributed by atoms with Crippen LogP contribution in [-0.4, -0.2) is 29.1 Å². The third-order valence-corrected chi connectivity index (χ3v) is 2.17. The largest absolute Gasteiger partial charge is 0.481 e. The maximum Gasteiger partial charge on any atom is 0.330 e. The summed E-state index contributed by atoms with van der Waals surface area (Å²) in [5, 5.41) is 8.39. The summed E-state index contributed by atoms with van der Waals surface area (Å²) in [6, 6.07) is -1.05. The Hall–Kier alpha value is -1.43. The number of unbranched alkanes of at least 4 members (excludes halogenated alkanes) is 2. The van der Waals surface area contributed by atoms with Crippen molar-refractivity contribution < 1.29 is 24.2 Å². The first-order valence-corrected chi connectivity index (χ1v) is 5.69. The van der Waals surface area contributed by atoms with E-state index in [4.69, 9.17) is 10.8 Å². The number of rotatable bonds is 8.